The topological polar surface area (TPSA) is 197 Å². The normalized spacial score (nSPS) is 14.0. The van der Waals surface area contributed by atoms with Gasteiger partial charge < -0.3 is 36.6 Å². The summed E-state index contributed by atoms with van der Waals surface area (Å²) in [4.78, 5) is 59.3. The Morgan fingerprint density at radius 3 is 1.74 bits per heavy atom. The van der Waals surface area contributed by atoms with Crippen molar-refractivity contribution in [2.24, 2.45) is 23.5 Å². The highest BCUT2D eigenvalue weighted by molar-refractivity contribution is 5.92. The number of carboxylic acids is 1. The molecule has 0 aliphatic rings. The van der Waals surface area contributed by atoms with Crippen LogP contribution in [-0.4, -0.2) is 77.3 Å². The molecule has 0 aromatic carbocycles. The zero-order valence-corrected chi connectivity index (χ0v) is 24.9. The number of hydrogen-bond donors (Lipinski definition) is 6. The number of carbonyl (C=O) groups excluding carboxylic acids is 4. The summed E-state index contributed by atoms with van der Waals surface area (Å²) < 4.78 is 4.91. The Hall–Kier alpha value is -2.73. The van der Waals surface area contributed by atoms with Gasteiger partial charge in [0, 0.05) is 13.3 Å². The summed E-state index contributed by atoms with van der Waals surface area (Å²) in [7, 11) is 0. The molecule has 3 amide bonds. The minimum absolute atomic E-state index is 0.150. The second-order valence-electron chi connectivity index (χ2n) is 10.6. The molecule has 12 heteroatoms. The maximum atomic E-state index is 13.2. The number of nitrogens with one attached hydrogen (secondary N) is 3. The molecular formula is C27H52N4O8. The molecule has 0 aliphatic heterocycles. The SMILES string of the molecule is CC(=O)O.CCOC(=O)C[C@H](O)[C@H](CCCCN)NC(=O)[C@H](NC(=O)C(NC(=O)CC(C)C)C(C)C)C(C)C. The van der Waals surface area contributed by atoms with Crippen LogP contribution >= 0.6 is 0 Å². The van der Waals surface area contributed by atoms with Crippen molar-refractivity contribution in [3.05, 3.63) is 0 Å². The third-order valence-electron chi connectivity index (χ3n) is 5.55. The third-order valence-corrected chi connectivity index (χ3v) is 5.55. The Morgan fingerprint density at radius 1 is 0.821 bits per heavy atom. The number of nitrogens with two attached hydrogens (primary N) is 1. The van der Waals surface area contributed by atoms with E-state index in [1.54, 1.807) is 20.8 Å². The highest BCUT2D eigenvalue weighted by atomic mass is 16.5. The van der Waals surface area contributed by atoms with Crippen molar-refractivity contribution in [3.8, 4) is 0 Å². The van der Waals surface area contributed by atoms with E-state index in [4.69, 9.17) is 20.4 Å². The molecule has 0 saturated carbocycles. The number of carbonyl (C=O) groups is 5. The van der Waals surface area contributed by atoms with Gasteiger partial charge in [0.15, 0.2) is 0 Å². The molecule has 0 saturated heterocycles. The minimum Gasteiger partial charge on any atom is -0.481 e. The van der Waals surface area contributed by atoms with E-state index in [1.807, 2.05) is 27.7 Å². The predicted octanol–water partition coefficient (Wildman–Crippen LogP) is 1.33. The van der Waals surface area contributed by atoms with Crippen LogP contribution in [-0.2, 0) is 28.7 Å². The second-order valence-corrected chi connectivity index (χ2v) is 10.6. The minimum atomic E-state index is -1.14. The number of ether oxygens (including phenoxy) is 1. The standard InChI is InChI=1S/C25H48N4O6.C2H4O2/c1-8-35-21(32)14-19(30)18(11-9-10-12-26)27-24(33)23(17(6)7)29-25(34)22(16(4)5)28-20(31)13-15(2)3;1-2(3)4/h15-19,22-23,30H,8-14,26H2,1-7H3,(H,27,33)(H,28,31)(H,29,34);1H3,(H,3,4)/t18-,19-,22?,23+;/m0./s1. The highest BCUT2D eigenvalue weighted by Crippen LogP contribution is 2.12. The summed E-state index contributed by atoms with van der Waals surface area (Å²) >= 11 is 0. The van der Waals surface area contributed by atoms with Crippen LogP contribution in [0.5, 0.6) is 0 Å². The average molecular weight is 561 g/mol. The summed E-state index contributed by atoms with van der Waals surface area (Å²) in [6.45, 7) is 14.5. The van der Waals surface area contributed by atoms with Gasteiger partial charge in [-0.3, -0.25) is 24.0 Å². The fraction of sp³-hybridized carbons (Fsp3) is 0.815. The lowest BCUT2D eigenvalue weighted by atomic mass is 9.97. The largest absolute Gasteiger partial charge is 0.481 e. The summed E-state index contributed by atoms with van der Waals surface area (Å²) in [5, 5.41) is 26.4. The van der Waals surface area contributed by atoms with E-state index < -0.39 is 48.0 Å². The highest BCUT2D eigenvalue weighted by Gasteiger charge is 2.33. The van der Waals surface area contributed by atoms with Gasteiger partial charge >= 0.3 is 5.97 Å². The van der Waals surface area contributed by atoms with Crippen LogP contribution in [0.1, 0.15) is 87.5 Å². The molecule has 0 spiro atoms. The molecule has 39 heavy (non-hydrogen) atoms. The number of esters is 1. The van der Waals surface area contributed by atoms with E-state index in [9.17, 15) is 24.3 Å². The number of unbranched alkanes of at least 4 members (excludes halogenated alkanes) is 1. The van der Waals surface area contributed by atoms with E-state index >= 15 is 0 Å². The summed E-state index contributed by atoms with van der Waals surface area (Å²) in [5.74, 6) is -2.81. The first-order valence-electron chi connectivity index (χ1n) is 13.7. The maximum Gasteiger partial charge on any atom is 0.308 e. The first kappa shape index (κ1) is 38.4. The first-order valence-corrected chi connectivity index (χ1v) is 13.7. The van der Waals surface area contributed by atoms with Crippen molar-refractivity contribution in [1.82, 2.24) is 16.0 Å². The molecule has 0 heterocycles. The summed E-state index contributed by atoms with van der Waals surface area (Å²) in [6, 6.07) is -2.38. The predicted molar refractivity (Wildman–Crippen MR) is 148 cm³/mol. The molecule has 7 N–H and O–H groups in total. The van der Waals surface area contributed by atoms with E-state index in [0.717, 1.165) is 6.92 Å². The lowest BCUT2D eigenvalue weighted by Crippen LogP contribution is -2.58. The molecular weight excluding hydrogens is 508 g/mol. The van der Waals surface area contributed by atoms with Gasteiger partial charge in [-0.05, 0) is 44.1 Å². The average Bonchev–Trinajstić information content (AvgIpc) is 2.79. The van der Waals surface area contributed by atoms with Crippen molar-refractivity contribution >= 4 is 29.7 Å². The quantitative estimate of drug-likeness (QED) is 0.112. The van der Waals surface area contributed by atoms with Crippen molar-refractivity contribution in [1.29, 1.82) is 0 Å². The molecule has 0 aromatic rings. The van der Waals surface area contributed by atoms with Crippen LogP contribution in [0.15, 0.2) is 0 Å². The van der Waals surface area contributed by atoms with Crippen molar-refractivity contribution < 1.29 is 38.9 Å². The van der Waals surface area contributed by atoms with Gasteiger partial charge in [-0.15, -0.1) is 0 Å². The summed E-state index contributed by atoms with van der Waals surface area (Å²) in [5.41, 5.74) is 5.57. The number of aliphatic hydroxyl groups is 1. The van der Waals surface area contributed by atoms with Crippen LogP contribution in [0, 0.1) is 17.8 Å². The van der Waals surface area contributed by atoms with Gasteiger partial charge in [0.2, 0.25) is 17.7 Å². The number of aliphatic carboxylic acids is 1. The van der Waals surface area contributed by atoms with E-state index in [-0.39, 0.29) is 36.7 Å². The van der Waals surface area contributed by atoms with Gasteiger partial charge in [-0.2, -0.15) is 0 Å². The van der Waals surface area contributed by atoms with Gasteiger partial charge in [-0.25, -0.2) is 0 Å². The number of amides is 3. The van der Waals surface area contributed by atoms with E-state index in [2.05, 4.69) is 16.0 Å². The summed E-state index contributed by atoms with van der Waals surface area (Å²) in [6.07, 6.45) is 0.678. The second kappa shape index (κ2) is 21.1. The zero-order valence-electron chi connectivity index (χ0n) is 24.9. The molecule has 0 rings (SSSR count). The smallest absolute Gasteiger partial charge is 0.308 e. The maximum absolute atomic E-state index is 13.2. The fourth-order valence-corrected chi connectivity index (χ4v) is 3.59. The molecule has 0 fully saturated rings. The van der Waals surface area contributed by atoms with E-state index in [1.165, 1.54) is 0 Å². The van der Waals surface area contributed by atoms with Crippen molar-refractivity contribution in [3.63, 3.8) is 0 Å². The molecule has 12 nitrogen and oxygen atoms in total. The van der Waals surface area contributed by atoms with Gasteiger partial charge in [-0.1, -0.05) is 48.0 Å². The first-order chi connectivity index (χ1) is 18.1. The van der Waals surface area contributed by atoms with Gasteiger partial charge in [0.05, 0.1) is 25.2 Å². The fourth-order valence-electron chi connectivity index (χ4n) is 3.59. The Balaban J connectivity index is 0. The lowest BCUT2D eigenvalue weighted by molar-refractivity contribution is -0.146. The van der Waals surface area contributed by atoms with Gasteiger partial charge in [0.1, 0.15) is 12.1 Å². The monoisotopic (exact) mass is 560 g/mol. The molecule has 4 atom stereocenters. The molecule has 228 valence electrons. The molecule has 0 aromatic heterocycles. The number of rotatable bonds is 17. The zero-order chi connectivity index (χ0) is 30.7. The number of carboxylic acid groups (broad SMARTS) is 1. The van der Waals surface area contributed by atoms with Crippen LogP contribution in [0.25, 0.3) is 0 Å². The van der Waals surface area contributed by atoms with E-state index in [0.29, 0.717) is 32.2 Å². The Morgan fingerprint density at radius 2 is 1.31 bits per heavy atom. The molecule has 0 aliphatic carbocycles. The van der Waals surface area contributed by atoms with Crippen molar-refractivity contribution in [2.45, 2.75) is 112 Å². The van der Waals surface area contributed by atoms with Crippen LogP contribution in [0.2, 0.25) is 0 Å². The Labute approximate surface area is 233 Å². The van der Waals surface area contributed by atoms with Crippen LogP contribution < -0.4 is 21.7 Å². The molecule has 0 radical (unpaired) electrons. The molecule has 1 unspecified atom stereocenters. The third kappa shape index (κ3) is 19.0. The van der Waals surface area contributed by atoms with Gasteiger partial charge in [0.25, 0.3) is 5.97 Å². The van der Waals surface area contributed by atoms with Crippen molar-refractivity contribution in [2.75, 3.05) is 13.2 Å². The Bertz CT molecular complexity index is 754. The number of hydrogen-bond acceptors (Lipinski definition) is 8. The van der Waals surface area contributed by atoms with Crippen LogP contribution in [0.4, 0.5) is 0 Å². The van der Waals surface area contributed by atoms with Crippen LogP contribution in [0.3, 0.4) is 0 Å². The number of aliphatic hydroxyl groups excluding tert-OH is 1. The molecule has 0 bridgehead atoms. The lowest BCUT2D eigenvalue weighted by Gasteiger charge is -2.30. The Kier molecular flexibility index (Phi) is 20.8.